The van der Waals surface area contributed by atoms with Gasteiger partial charge in [0, 0.05) is 26.5 Å². The van der Waals surface area contributed by atoms with Crippen LogP contribution in [0.4, 0.5) is 15.8 Å². The molecule has 1 heterocycles. The summed E-state index contributed by atoms with van der Waals surface area (Å²) in [5.74, 6) is -0.680. The van der Waals surface area contributed by atoms with E-state index in [-0.39, 0.29) is 16.9 Å². The first-order valence-corrected chi connectivity index (χ1v) is 6.09. The quantitative estimate of drug-likeness (QED) is 0.500. The Hall–Kier alpha value is -2.28. The second kappa shape index (κ2) is 6.25. The lowest BCUT2D eigenvalue weighted by Crippen LogP contribution is -2.07. The molecule has 0 amide bonds. The van der Waals surface area contributed by atoms with Crippen molar-refractivity contribution in [2.75, 3.05) is 25.6 Å². The van der Waals surface area contributed by atoms with E-state index in [2.05, 4.69) is 10.3 Å². The third kappa shape index (κ3) is 2.83. The summed E-state index contributed by atoms with van der Waals surface area (Å²) in [4.78, 5) is 14.4. The van der Waals surface area contributed by atoms with Gasteiger partial charge in [-0.15, -0.1) is 0 Å². The number of rotatable bonds is 6. The highest BCUT2D eigenvalue weighted by molar-refractivity contribution is 5.97. The zero-order valence-electron chi connectivity index (χ0n) is 10.9. The molecule has 6 nitrogen and oxygen atoms in total. The highest BCUT2D eigenvalue weighted by Gasteiger charge is 2.19. The zero-order chi connectivity index (χ0) is 14.5. The lowest BCUT2D eigenvalue weighted by atomic mass is 10.1. The van der Waals surface area contributed by atoms with Crippen LogP contribution in [0, 0.1) is 15.9 Å². The molecular weight excluding hydrogens is 265 g/mol. The van der Waals surface area contributed by atoms with Crippen LogP contribution in [0.5, 0.6) is 0 Å². The van der Waals surface area contributed by atoms with Gasteiger partial charge in [-0.3, -0.25) is 15.1 Å². The van der Waals surface area contributed by atoms with Gasteiger partial charge in [0.05, 0.1) is 22.1 Å². The Kier molecular flexibility index (Phi) is 4.41. The summed E-state index contributed by atoms with van der Waals surface area (Å²) in [6, 6.07) is 4.06. The third-order valence-corrected chi connectivity index (χ3v) is 2.85. The van der Waals surface area contributed by atoms with Gasteiger partial charge in [0.25, 0.3) is 5.69 Å². The van der Waals surface area contributed by atoms with Crippen LogP contribution in [-0.2, 0) is 4.74 Å². The van der Waals surface area contributed by atoms with Gasteiger partial charge < -0.3 is 10.1 Å². The third-order valence-electron chi connectivity index (χ3n) is 2.85. The van der Waals surface area contributed by atoms with Gasteiger partial charge in [-0.05, 0) is 18.6 Å². The maximum atomic E-state index is 14.0. The number of nitro benzene ring substituents is 1. The summed E-state index contributed by atoms with van der Waals surface area (Å²) in [6.07, 6.45) is 2.17. The van der Waals surface area contributed by atoms with Gasteiger partial charge in [-0.1, -0.05) is 0 Å². The molecule has 1 N–H and O–H groups in total. The molecule has 0 saturated heterocycles. The Morgan fingerprint density at radius 2 is 2.35 bits per heavy atom. The van der Waals surface area contributed by atoms with Crippen molar-refractivity contribution in [3.05, 3.63) is 40.3 Å². The van der Waals surface area contributed by atoms with E-state index in [1.807, 2.05) is 0 Å². The van der Waals surface area contributed by atoms with Gasteiger partial charge in [0.15, 0.2) is 5.82 Å². The van der Waals surface area contributed by atoms with E-state index in [0.717, 1.165) is 6.07 Å². The van der Waals surface area contributed by atoms with Crippen molar-refractivity contribution in [3.63, 3.8) is 0 Å². The van der Waals surface area contributed by atoms with Gasteiger partial charge in [-0.25, -0.2) is 4.39 Å². The number of hydrogen-bond acceptors (Lipinski definition) is 5. The van der Waals surface area contributed by atoms with Crippen LogP contribution in [0.25, 0.3) is 10.9 Å². The van der Waals surface area contributed by atoms with Crippen LogP contribution in [0.2, 0.25) is 0 Å². The lowest BCUT2D eigenvalue weighted by Gasteiger charge is -2.10. The highest BCUT2D eigenvalue weighted by Crippen LogP contribution is 2.32. The van der Waals surface area contributed by atoms with Crippen molar-refractivity contribution in [3.8, 4) is 0 Å². The van der Waals surface area contributed by atoms with Crippen molar-refractivity contribution in [2.45, 2.75) is 6.42 Å². The van der Waals surface area contributed by atoms with Crippen LogP contribution in [0.1, 0.15) is 6.42 Å². The minimum atomic E-state index is -0.680. The van der Waals surface area contributed by atoms with Crippen LogP contribution in [0.15, 0.2) is 24.4 Å². The van der Waals surface area contributed by atoms with E-state index >= 15 is 0 Å². The summed E-state index contributed by atoms with van der Waals surface area (Å²) in [5.41, 5.74) is 0.159. The van der Waals surface area contributed by atoms with E-state index in [0.29, 0.717) is 25.0 Å². The van der Waals surface area contributed by atoms with Crippen LogP contribution < -0.4 is 5.32 Å². The molecule has 0 saturated carbocycles. The first-order valence-electron chi connectivity index (χ1n) is 6.09. The molecule has 1 aromatic carbocycles. The monoisotopic (exact) mass is 279 g/mol. The summed E-state index contributed by atoms with van der Waals surface area (Å²) in [7, 11) is 1.59. The molecule has 0 fully saturated rings. The highest BCUT2D eigenvalue weighted by atomic mass is 19.1. The fraction of sp³-hybridized carbons (Fsp3) is 0.308. The standard InChI is InChI=1S/C13H14FN3O3/c1-20-7-3-6-16-13-10(14)8-11(17(18)19)9-4-2-5-15-12(9)13/h2,4-5,8,16H,3,6-7H2,1H3. The van der Waals surface area contributed by atoms with Crippen LogP contribution >= 0.6 is 0 Å². The van der Waals surface area contributed by atoms with Gasteiger partial charge in [-0.2, -0.15) is 0 Å². The molecule has 7 heteroatoms. The molecule has 0 unspecified atom stereocenters. The molecule has 2 rings (SSSR count). The van der Waals surface area contributed by atoms with Crippen molar-refractivity contribution in [1.29, 1.82) is 0 Å². The van der Waals surface area contributed by atoms with E-state index in [1.165, 1.54) is 6.20 Å². The zero-order valence-corrected chi connectivity index (χ0v) is 10.9. The number of hydrogen-bond donors (Lipinski definition) is 1. The second-order valence-corrected chi connectivity index (χ2v) is 4.18. The Balaban J connectivity index is 2.42. The molecule has 1 aromatic heterocycles. The number of nitrogens with zero attached hydrogens (tertiary/aromatic N) is 2. The molecule has 0 aliphatic heterocycles. The minimum absolute atomic E-state index is 0.183. The molecule has 0 atom stereocenters. The van der Waals surface area contributed by atoms with Crippen molar-refractivity contribution in [2.24, 2.45) is 0 Å². The normalized spacial score (nSPS) is 10.7. The predicted octanol–water partition coefficient (Wildman–Crippen LogP) is 2.73. The number of ether oxygens (including phenoxy) is 1. The number of fused-ring (bicyclic) bond motifs is 1. The Labute approximate surface area is 114 Å². The summed E-state index contributed by atoms with van der Waals surface area (Å²) in [6.45, 7) is 1.04. The maximum absolute atomic E-state index is 14.0. The summed E-state index contributed by atoms with van der Waals surface area (Å²) < 4.78 is 18.9. The Morgan fingerprint density at radius 1 is 1.55 bits per heavy atom. The fourth-order valence-electron chi connectivity index (χ4n) is 1.94. The largest absolute Gasteiger partial charge is 0.385 e. The van der Waals surface area contributed by atoms with E-state index in [1.54, 1.807) is 19.2 Å². The second-order valence-electron chi connectivity index (χ2n) is 4.18. The van der Waals surface area contributed by atoms with E-state index in [4.69, 9.17) is 4.74 Å². The number of halogens is 1. The number of anilines is 1. The molecule has 2 aromatic rings. The average molecular weight is 279 g/mol. The van der Waals surface area contributed by atoms with Crippen molar-refractivity contribution < 1.29 is 14.1 Å². The first-order chi connectivity index (χ1) is 9.65. The average Bonchev–Trinajstić information content (AvgIpc) is 2.44. The number of benzene rings is 1. The van der Waals surface area contributed by atoms with Gasteiger partial charge in [0.2, 0.25) is 0 Å². The maximum Gasteiger partial charge on any atom is 0.281 e. The molecule has 0 spiro atoms. The smallest absolute Gasteiger partial charge is 0.281 e. The molecule has 0 bridgehead atoms. The SMILES string of the molecule is COCCCNc1c(F)cc([N+](=O)[O-])c2cccnc12. The van der Waals surface area contributed by atoms with Crippen LogP contribution in [0.3, 0.4) is 0 Å². The number of nitrogens with one attached hydrogen (secondary N) is 1. The van der Waals surface area contributed by atoms with Crippen molar-refractivity contribution in [1.82, 2.24) is 4.98 Å². The lowest BCUT2D eigenvalue weighted by molar-refractivity contribution is -0.383. The number of aromatic nitrogens is 1. The minimum Gasteiger partial charge on any atom is -0.385 e. The molecular formula is C13H14FN3O3. The van der Waals surface area contributed by atoms with Gasteiger partial charge in [0.1, 0.15) is 5.52 Å². The Bertz CT molecular complexity index is 634. The number of nitro groups is 1. The number of methoxy groups -OCH3 is 1. The first kappa shape index (κ1) is 14.1. The van der Waals surface area contributed by atoms with Crippen LogP contribution in [-0.4, -0.2) is 30.2 Å². The number of non-ortho nitro benzene ring substituents is 1. The molecule has 0 radical (unpaired) electrons. The fourth-order valence-corrected chi connectivity index (χ4v) is 1.94. The Morgan fingerprint density at radius 3 is 3.05 bits per heavy atom. The molecule has 0 aliphatic rings. The van der Waals surface area contributed by atoms with Gasteiger partial charge >= 0.3 is 0 Å². The number of pyridine rings is 1. The van der Waals surface area contributed by atoms with E-state index < -0.39 is 10.7 Å². The van der Waals surface area contributed by atoms with Crippen molar-refractivity contribution >= 4 is 22.3 Å². The topological polar surface area (TPSA) is 77.3 Å². The summed E-state index contributed by atoms with van der Waals surface area (Å²) >= 11 is 0. The summed E-state index contributed by atoms with van der Waals surface area (Å²) in [5, 5.41) is 14.2. The molecule has 20 heavy (non-hydrogen) atoms. The molecule has 0 aliphatic carbocycles. The van der Waals surface area contributed by atoms with E-state index in [9.17, 15) is 14.5 Å². The molecule has 106 valence electrons. The predicted molar refractivity (Wildman–Crippen MR) is 73.3 cm³/mol.